The molecule has 4 nitrogen and oxygen atoms in total. The maximum Gasteiger partial charge on any atom is 0.309 e. The van der Waals surface area contributed by atoms with Gasteiger partial charge >= 0.3 is 11.9 Å². The van der Waals surface area contributed by atoms with E-state index in [9.17, 15) is 9.59 Å². The molecule has 0 spiro atoms. The third kappa shape index (κ3) is 8.02. The van der Waals surface area contributed by atoms with Crippen LogP contribution in [0.15, 0.2) is 0 Å². The first kappa shape index (κ1) is 15.8. The van der Waals surface area contributed by atoms with Gasteiger partial charge in [0.05, 0.1) is 12.3 Å². The molecule has 1 atom stereocenters. The molecule has 0 fully saturated rings. The normalized spacial score (nSPS) is 13.2. The minimum Gasteiger partial charge on any atom is -0.481 e. The maximum atomic E-state index is 11.5. The van der Waals surface area contributed by atoms with Crippen molar-refractivity contribution in [3.05, 3.63) is 0 Å². The molecule has 0 aliphatic heterocycles. The molecule has 0 saturated carbocycles. The van der Waals surface area contributed by atoms with Crippen molar-refractivity contribution in [2.45, 2.75) is 30.0 Å². The molecule has 0 aromatic heterocycles. The van der Waals surface area contributed by atoms with Crippen LogP contribution >= 0.6 is 34.8 Å². The van der Waals surface area contributed by atoms with Gasteiger partial charge < -0.3 is 9.84 Å². The molecule has 94 valence electrons. The number of alkyl halides is 3. The predicted octanol–water partition coefficient (Wildman–Crippen LogP) is 2.79. The number of rotatable bonds is 6. The third-order valence-electron chi connectivity index (χ3n) is 1.77. The standard InChI is InChI=1S/C9H13Cl3O4/c1-2-3-6(4-7(13)14)8(15)16-5-9(10,11)12/h6H,2-5H2,1H3,(H,13,14)/t6-/m1/s1. The number of aliphatic carboxylic acids is 1. The van der Waals surface area contributed by atoms with E-state index in [0.717, 1.165) is 0 Å². The first-order valence-electron chi connectivity index (χ1n) is 4.71. The van der Waals surface area contributed by atoms with E-state index in [2.05, 4.69) is 0 Å². The van der Waals surface area contributed by atoms with E-state index in [1.807, 2.05) is 6.92 Å². The van der Waals surface area contributed by atoms with Crippen LogP contribution in [0.25, 0.3) is 0 Å². The summed E-state index contributed by atoms with van der Waals surface area (Å²) in [5, 5.41) is 8.60. The summed E-state index contributed by atoms with van der Waals surface area (Å²) in [6, 6.07) is 0. The molecule has 0 saturated heterocycles. The fourth-order valence-corrected chi connectivity index (χ4v) is 1.30. The molecule has 0 rings (SSSR count). The molecule has 0 radical (unpaired) electrons. The smallest absolute Gasteiger partial charge is 0.309 e. The number of hydrogen-bond acceptors (Lipinski definition) is 3. The fraction of sp³-hybridized carbons (Fsp3) is 0.778. The summed E-state index contributed by atoms with van der Waals surface area (Å²) in [5.74, 6) is -2.38. The van der Waals surface area contributed by atoms with Gasteiger partial charge in [-0.1, -0.05) is 48.1 Å². The summed E-state index contributed by atoms with van der Waals surface area (Å²) in [4.78, 5) is 22.0. The highest BCUT2D eigenvalue weighted by atomic mass is 35.6. The summed E-state index contributed by atoms with van der Waals surface area (Å²) in [7, 11) is 0. The number of carboxylic acid groups (broad SMARTS) is 1. The van der Waals surface area contributed by atoms with Crippen LogP contribution in [0.2, 0.25) is 0 Å². The van der Waals surface area contributed by atoms with E-state index in [0.29, 0.717) is 12.8 Å². The second-order valence-corrected chi connectivity index (χ2v) is 5.82. The number of carboxylic acids is 1. The Bertz CT molecular complexity index is 250. The van der Waals surface area contributed by atoms with Crippen LogP contribution in [0, 0.1) is 5.92 Å². The first-order valence-corrected chi connectivity index (χ1v) is 5.84. The zero-order valence-electron chi connectivity index (χ0n) is 8.71. The van der Waals surface area contributed by atoms with Crippen molar-refractivity contribution in [3.63, 3.8) is 0 Å². The largest absolute Gasteiger partial charge is 0.481 e. The lowest BCUT2D eigenvalue weighted by Crippen LogP contribution is -2.25. The van der Waals surface area contributed by atoms with Gasteiger partial charge in [0.25, 0.3) is 0 Å². The van der Waals surface area contributed by atoms with E-state index < -0.39 is 21.6 Å². The minimum atomic E-state index is -1.67. The fourth-order valence-electron chi connectivity index (χ4n) is 1.13. The quantitative estimate of drug-likeness (QED) is 0.604. The van der Waals surface area contributed by atoms with Gasteiger partial charge in [-0.2, -0.15) is 0 Å². The number of carbonyl (C=O) groups excluding carboxylic acids is 1. The van der Waals surface area contributed by atoms with E-state index in [-0.39, 0.29) is 13.0 Å². The number of hydrogen-bond donors (Lipinski definition) is 1. The summed E-state index contributed by atoms with van der Waals surface area (Å²) >= 11 is 16.2. The third-order valence-corrected chi connectivity index (χ3v) is 2.10. The van der Waals surface area contributed by atoms with Gasteiger partial charge in [-0.05, 0) is 6.42 Å². The molecular weight excluding hydrogens is 278 g/mol. The summed E-state index contributed by atoms with van der Waals surface area (Å²) in [5.41, 5.74) is 0. The van der Waals surface area contributed by atoms with Crippen molar-refractivity contribution < 1.29 is 19.4 Å². The van der Waals surface area contributed by atoms with Gasteiger partial charge in [0.2, 0.25) is 3.79 Å². The number of ether oxygens (including phenoxy) is 1. The highest BCUT2D eigenvalue weighted by Crippen LogP contribution is 2.26. The minimum absolute atomic E-state index is 0.271. The molecule has 16 heavy (non-hydrogen) atoms. The molecule has 0 amide bonds. The van der Waals surface area contributed by atoms with Crippen molar-refractivity contribution >= 4 is 46.7 Å². The van der Waals surface area contributed by atoms with Gasteiger partial charge in [-0.25, -0.2) is 0 Å². The van der Waals surface area contributed by atoms with Crippen LogP contribution in [0.4, 0.5) is 0 Å². The van der Waals surface area contributed by atoms with Gasteiger partial charge in [-0.15, -0.1) is 0 Å². The Morgan fingerprint density at radius 3 is 2.31 bits per heavy atom. The van der Waals surface area contributed by atoms with Crippen LogP contribution < -0.4 is 0 Å². The van der Waals surface area contributed by atoms with Crippen LogP contribution in [0.3, 0.4) is 0 Å². The van der Waals surface area contributed by atoms with Crippen molar-refractivity contribution in [3.8, 4) is 0 Å². The molecule has 0 aromatic carbocycles. The Labute approximate surface area is 109 Å². The van der Waals surface area contributed by atoms with E-state index in [4.69, 9.17) is 44.6 Å². The topological polar surface area (TPSA) is 63.6 Å². The predicted molar refractivity (Wildman–Crippen MR) is 61.9 cm³/mol. The van der Waals surface area contributed by atoms with Crippen molar-refractivity contribution in [2.24, 2.45) is 5.92 Å². The second kappa shape index (κ2) is 7.20. The lowest BCUT2D eigenvalue weighted by Gasteiger charge is -2.16. The average Bonchev–Trinajstić information content (AvgIpc) is 2.11. The van der Waals surface area contributed by atoms with E-state index in [1.54, 1.807) is 0 Å². The zero-order valence-corrected chi connectivity index (χ0v) is 11.0. The summed E-state index contributed by atoms with van der Waals surface area (Å²) in [6.07, 6.45) is 0.846. The highest BCUT2D eigenvalue weighted by Gasteiger charge is 2.27. The SMILES string of the molecule is CCC[C@H](CC(=O)O)C(=O)OCC(Cl)(Cl)Cl. The maximum absolute atomic E-state index is 11.5. The van der Waals surface area contributed by atoms with E-state index >= 15 is 0 Å². The van der Waals surface area contributed by atoms with Crippen LogP contribution in [-0.4, -0.2) is 27.4 Å². The summed E-state index contributed by atoms with van der Waals surface area (Å²) in [6.45, 7) is 1.47. The number of esters is 1. The first-order chi connectivity index (χ1) is 7.26. The zero-order chi connectivity index (χ0) is 12.8. The van der Waals surface area contributed by atoms with Gasteiger partial charge in [-0.3, -0.25) is 9.59 Å². The Morgan fingerprint density at radius 1 is 1.38 bits per heavy atom. The van der Waals surface area contributed by atoms with Crippen molar-refractivity contribution in [1.82, 2.24) is 0 Å². The monoisotopic (exact) mass is 290 g/mol. The molecule has 0 aliphatic rings. The highest BCUT2D eigenvalue weighted by molar-refractivity contribution is 6.67. The Hall–Kier alpha value is -0.190. The van der Waals surface area contributed by atoms with Crippen LogP contribution in [0.1, 0.15) is 26.2 Å². The van der Waals surface area contributed by atoms with Crippen LogP contribution in [-0.2, 0) is 14.3 Å². The molecule has 0 bridgehead atoms. The molecule has 7 heteroatoms. The lowest BCUT2D eigenvalue weighted by atomic mass is 10.0. The molecule has 1 N–H and O–H groups in total. The Morgan fingerprint density at radius 2 is 1.94 bits per heavy atom. The van der Waals surface area contributed by atoms with Gasteiger partial charge in [0, 0.05) is 0 Å². The molecule has 0 aliphatic carbocycles. The molecular formula is C9H13Cl3O4. The van der Waals surface area contributed by atoms with Crippen molar-refractivity contribution in [1.29, 1.82) is 0 Å². The Balaban J connectivity index is 4.22. The Kier molecular flexibility index (Phi) is 7.11. The number of carbonyl (C=O) groups is 2. The average molecular weight is 292 g/mol. The molecule has 0 heterocycles. The lowest BCUT2D eigenvalue weighted by molar-refractivity contribution is -0.153. The van der Waals surface area contributed by atoms with Crippen LogP contribution in [0.5, 0.6) is 0 Å². The van der Waals surface area contributed by atoms with Gasteiger partial charge in [0.15, 0.2) is 0 Å². The molecule has 0 unspecified atom stereocenters. The van der Waals surface area contributed by atoms with Crippen molar-refractivity contribution in [2.75, 3.05) is 6.61 Å². The summed E-state index contributed by atoms with van der Waals surface area (Å²) < 4.78 is 3.05. The van der Waals surface area contributed by atoms with E-state index in [1.165, 1.54) is 0 Å². The molecule has 0 aromatic rings. The second-order valence-electron chi connectivity index (χ2n) is 3.31. The van der Waals surface area contributed by atoms with Gasteiger partial charge in [0.1, 0.15) is 6.61 Å². The number of halogens is 3.